The van der Waals surface area contributed by atoms with E-state index in [4.69, 9.17) is 9.47 Å². The van der Waals surface area contributed by atoms with Crippen LogP contribution < -0.4 is 10.1 Å². The number of nitrogens with zero attached hydrogens (tertiary/aromatic N) is 1. The van der Waals surface area contributed by atoms with E-state index in [0.717, 1.165) is 5.69 Å². The highest BCUT2D eigenvalue weighted by Gasteiger charge is 2.25. The van der Waals surface area contributed by atoms with Gasteiger partial charge in [0.1, 0.15) is 11.6 Å². The molecule has 0 aliphatic carbocycles. The smallest absolute Gasteiger partial charge is 0.264 e. The van der Waals surface area contributed by atoms with E-state index in [1.807, 2.05) is 30.3 Å². The highest BCUT2D eigenvalue weighted by atomic mass is 32.2. The number of carbonyl (C=O) groups excluding carboxylic acids is 1. The van der Waals surface area contributed by atoms with Gasteiger partial charge in [-0.1, -0.05) is 18.2 Å². The van der Waals surface area contributed by atoms with Gasteiger partial charge in [-0.3, -0.25) is 4.79 Å². The summed E-state index contributed by atoms with van der Waals surface area (Å²) in [4.78, 5) is 17.0. The zero-order valence-electron chi connectivity index (χ0n) is 13.0. The molecule has 7 heteroatoms. The molecule has 1 N–H and O–H groups in total. The first-order valence-electron chi connectivity index (χ1n) is 7.57. The minimum atomic E-state index is -0.402. The number of nitrogens with one attached hydrogen (secondary N) is 1. The van der Waals surface area contributed by atoms with Gasteiger partial charge in [-0.05, 0) is 42.1 Å². The molecule has 1 amide bonds. The molecule has 0 radical (unpaired) electrons. The third kappa shape index (κ3) is 3.42. The molecule has 0 spiro atoms. The quantitative estimate of drug-likeness (QED) is 0.836. The highest BCUT2D eigenvalue weighted by Crippen LogP contribution is 2.34. The monoisotopic (exact) mass is 356 g/mol. The number of hydrogen-bond acceptors (Lipinski definition) is 5. The van der Waals surface area contributed by atoms with E-state index in [1.54, 1.807) is 6.08 Å². The number of rotatable bonds is 2. The molecular formula is C18H13FN2O3S. The summed E-state index contributed by atoms with van der Waals surface area (Å²) in [7, 11) is 0. The number of para-hydroxylation sites is 1. The van der Waals surface area contributed by atoms with Crippen molar-refractivity contribution in [3.63, 3.8) is 0 Å². The van der Waals surface area contributed by atoms with Crippen LogP contribution in [0.4, 0.5) is 10.1 Å². The lowest BCUT2D eigenvalue weighted by molar-refractivity contribution is -0.115. The number of hydrogen-bond donors (Lipinski definition) is 1. The fourth-order valence-corrected chi connectivity index (χ4v) is 3.39. The van der Waals surface area contributed by atoms with E-state index in [2.05, 4.69) is 10.3 Å². The Morgan fingerprint density at radius 1 is 1.24 bits per heavy atom. The number of amides is 1. The number of halogens is 1. The van der Waals surface area contributed by atoms with Crippen LogP contribution in [0.2, 0.25) is 0 Å². The van der Waals surface area contributed by atoms with Gasteiger partial charge in [0.15, 0.2) is 12.0 Å². The Kier molecular flexibility index (Phi) is 4.25. The maximum Gasteiger partial charge on any atom is 0.264 e. The summed E-state index contributed by atoms with van der Waals surface area (Å²) >= 11 is 1.21. The van der Waals surface area contributed by atoms with Crippen LogP contribution in [-0.4, -0.2) is 17.9 Å². The van der Waals surface area contributed by atoms with Gasteiger partial charge >= 0.3 is 0 Å². The summed E-state index contributed by atoms with van der Waals surface area (Å²) in [5.41, 5.74) is 1.88. The molecule has 0 aromatic heterocycles. The van der Waals surface area contributed by atoms with Crippen molar-refractivity contribution in [2.75, 3.05) is 6.79 Å². The zero-order valence-corrected chi connectivity index (χ0v) is 13.8. The molecule has 1 fully saturated rings. The summed E-state index contributed by atoms with van der Waals surface area (Å²) in [5, 5.41) is 3.20. The molecule has 0 unspecified atom stereocenters. The topological polar surface area (TPSA) is 59.9 Å². The van der Waals surface area contributed by atoms with Gasteiger partial charge in [0.25, 0.3) is 5.91 Å². The summed E-state index contributed by atoms with van der Waals surface area (Å²) < 4.78 is 24.5. The predicted octanol–water partition coefficient (Wildman–Crippen LogP) is 3.58. The maximum atomic E-state index is 13.8. The molecule has 126 valence electrons. The number of thioether (sulfide) groups is 1. The van der Waals surface area contributed by atoms with E-state index >= 15 is 0 Å². The predicted molar refractivity (Wildman–Crippen MR) is 93.9 cm³/mol. The van der Waals surface area contributed by atoms with Crippen molar-refractivity contribution >= 4 is 34.6 Å². The molecule has 2 aromatic rings. The lowest BCUT2D eigenvalue weighted by Gasteiger charge is -2.19. The summed E-state index contributed by atoms with van der Waals surface area (Å²) in [6.45, 7) is 0.387. The van der Waals surface area contributed by atoms with Crippen LogP contribution in [0.5, 0.6) is 5.75 Å². The first kappa shape index (κ1) is 15.9. The van der Waals surface area contributed by atoms with E-state index in [-0.39, 0.29) is 19.3 Å². The molecule has 2 aliphatic heterocycles. The summed E-state index contributed by atoms with van der Waals surface area (Å²) in [5.74, 6) is -0.131. The lowest BCUT2D eigenvalue weighted by Crippen LogP contribution is -2.19. The Morgan fingerprint density at radius 2 is 2.08 bits per heavy atom. The van der Waals surface area contributed by atoms with Gasteiger partial charge in [0, 0.05) is 11.1 Å². The Balaban J connectivity index is 1.65. The Morgan fingerprint density at radius 3 is 2.92 bits per heavy atom. The van der Waals surface area contributed by atoms with Crippen molar-refractivity contribution in [1.29, 1.82) is 0 Å². The summed E-state index contributed by atoms with van der Waals surface area (Å²) in [6, 6.07) is 12.0. The van der Waals surface area contributed by atoms with Crippen molar-refractivity contribution in [1.82, 2.24) is 5.32 Å². The third-order valence-electron chi connectivity index (χ3n) is 3.63. The standard InChI is InChI=1S/C18H13FN2O3S/c19-13-6-11(16-12(7-13)9-23-10-24-16)8-15-17(22)21-18(25-15)20-14-4-2-1-3-5-14/h1-8H,9-10H2,(H,20,21,22). The largest absolute Gasteiger partial charge is 0.467 e. The Hall–Kier alpha value is -2.64. The van der Waals surface area contributed by atoms with Crippen LogP contribution in [0.15, 0.2) is 52.4 Å². The maximum absolute atomic E-state index is 13.8. The molecular weight excluding hydrogens is 343 g/mol. The van der Waals surface area contributed by atoms with Gasteiger partial charge in [-0.2, -0.15) is 0 Å². The average Bonchev–Trinajstić information content (AvgIpc) is 2.95. The minimum absolute atomic E-state index is 0.106. The minimum Gasteiger partial charge on any atom is -0.467 e. The van der Waals surface area contributed by atoms with Crippen molar-refractivity contribution in [2.45, 2.75) is 6.61 Å². The molecule has 2 aromatic carbocycles. The van der Waals surface area contributed by atoms with E-state index in [0.29, 0.717) is 26.9 Å². The molecule has 2 aliphatic rings. The van der Waals surface area contributed by atoms with Gasteiger partial charge in [0.2, 0.25) is 0 Å². The molecule has 1 saturated heterocycles. The van der Waals surface area contributed by atoms with Gasteiger partial charge in [-0.25, -0.2) is 9.38 Å². The van der Waals surface area contributed by atoms with Crippen molar-refractivity contribution < 1.29 is 18.7 Å². The van der Waals surface area contributed by atoms with Gasteiger partial charge in [-0.15, -0.1) is 0 Å². The van der Waals surface area contributed by atoms with E-state index in [1.165, 1.54) is 23.9 Å². The molecule has 5 nitrogen and oxygen atoms in total. The number of benzene rings is 2. The molecule has 4 rings (SSSR count). The molecule has 0 atom stereocenters. The second-order valence-electron chi connectivity index (χ2n) is 5.41. The number of amidine groups is 1. The Labute approximate surface area is 147 Å². The van der Waals surface area contributed by atoms with Crippen LogP contribution in [0.1, 0.15) is 11.1 Å². The molecule has 0 bridgehead atoms. The second-order valence-corrected chi connectivity index (χ2v) is 6.44. The fraction of sp³-hybridized carbons (Fsp3) is 0.111. The number of fused-ring (bicyclic) bond motifs is 1. The Bertz CT molecular complexity index is 897. The first-order chi connectivity index (χ1) is 12.2. The van der Waals surface area contributed by atoms with Gasteiger partial charge < -0.3 is 14.8 Å². The molecule has 0 saturated carbocycles. The average molecular weight is 356 g/mol. The molecule has 25 heavy (non-hydrogen) atoms. The number of ether oxygens (including phenoxy) is 2. The molecule has 2 heterocycles. The number of carbonyl (C=O) groups is 1. The van der Waals surface area contributed by atoms with Crippen LogP contribution in [0.25, 0.3) is 6.08 Å². The van der Waals surface area contributed by atoms with Gasteiger partial charge in [0.05, 0.1) is 17.2 Å². The van der Waals surface area contributed by atoms with Crippen LogP contribution in [-0.2, 0) is 16.1 Å². The van der Waals surface area contributed by atoms with Crippen molar-refractivity contribution in [3.05, 3.63) is 64.3 Å². The number of aliphatic imine (C=N–C) groups is 1. The lowest BCUT2D eigenvalue weighted by atomic mass is 10.1. The third-order valence-corrected chi connectivity index (χ3v) is 4.54. The highest BCUT2D eigenvalue weighted by molar-refractivity contribution is 8.18. The van der Waals surface area contributed by atoms with Crippen LogP contribution in [0.3, 0.4) is 0 Å². The first-order valence-corrected chi connectivity index (χ1v) is 8.38. The van der Waals surface area contributed by atoms with Crippen molar-refractivity contribution in [3.8, 4) is 5.75 Å². The fourth-order valence-electron chi connectivity index (χ4n) is 2.56. The second kappa shape index (κ2) is 6.70. The SMILES string of the molecule is O=C1NC(=Nc2ccccc2)SC1=Cc1cc(F)cc2c1OCOC2. The van der Waals surface area contributed by atoms with Crippen LogP contribution >= 0.6 is 11.8 Å². The summed E-state index contributed by atoms with van der Waals surface area (Å²) in [6.07, 6.45) is 1.61. The normalized spacial score (nSPS) is 19.6. The van der Waals surface area contributed by atoms with E-state index in [9.17, 15) is 9.18 Å². The van der Waals surface area contributed by atoms with Crippen LogP contribution in [0, 0.1) is 5.82 Å². The van der Waals surface area contributed by atoms with E-state index < -0.39 is 5.82 Å². The zero-order chi connectivity index (χ0) is 17.2. The van der Waals surface area contributed by atoms with Crippen molar-refractivity contribution in [2.24, 2.45) is 4.99 Å².